The van der Waals surface area contributed by atoms with E-state index < -0.39 is 18.1 Å². The van der Waals surface area contributed by atoms with Crippen LogP contribution in [0.3, 0.4) is 0 Å². The summed E-state index contributed by atoms with van der Waals surface area (Å²) in [7, 11) is 3.24. The maximum absolute atomic E-state index is 14.0. The third-order valence-corrected chi connectivity index (χ3v) is 9.46. The minimum Gasteiger partial charge on any atom is -0.391 e. The van der Waals surface area contributed by atoms with E-state index in [2.05, 4.69) is 15.5 Å². The van der Waals surface area contributed by atoms with Crippen molar-refractivity contribution in [1.82, 2.24) is 20.4 Å². The zero-order valence-corrected chi connectivity index (χ0v) is 26.3. The third kappa shape index (κ3) is 6.47. The summed E-state index contributed by atoms with van der Waals surface area (Å²) in [4.78, 5) is 36.5. The normalized spacial score (nSPS) is 20.5. The molecule has 0 saturated carbocycles. The molecule has 2 aliphatic heterocycles. The Bertz CT molecular complexity index is 1400. The van der Waals surface area contributed by atoms with Crippen molar-refractivity contribution in [2.75, 3.05) is 38.8 Å². The quantitative estimate of drug-likeness (QED) is 0.312. The molecule has 5 rings (SSSR count). The maximum atomic E-state index is 14.0. The average molecular weight is 612 g/mol. The number of amides is 2. The first kappa shape index (κ1) is 31.1. The Morgan fingerprint density at radius 3 is 2.42 bits per heavy atom. The van der Waals surface area contributed by atoms with Crippen molar-refractivity contribution in [3.05, 3.63) is 52.9 Å². The van der Waals surface area contributed by atoms with Gasteiger partial charge in [0.15, 0.2) is 17.9 Å². The number of carbonyl (C=O) groups excluding carboxylic acids is 2. The van der Waals surface area contributed by atoms with E-state index in [1.807, 2.05) is 62.4 Å². The van der Waals surface area contributed by atoms with Gasteiger partial charge in [0.1, 0.15) is 12.0 Å². The molecule has 2 amide bonds. The fourth-order valence-electron chi connectivity index (χ4n) is 6.04. The highest BCUT2D eigenvalue weighted by atomic mass is 32.1. The summed E-state index contributed by atoms with van der Waals surface area (Å²) in [5.41, 5.74) is 4.84. The number of carbonyl (C=O) groups is 2. The number of thiazole rings is 1. The number of rotatable bonds is 11. The van der Waals surface area contributed by atoms with Crippen molar-refractivity contribution < 1.29 is 28.7 Å². The van der Waals surface area contributed by atoms with Gasteiger partial charge in [0.25, 0.3) is 0 Å². The predicted molar refractivity (Wildman–Crippen MR) is 163 cm³/mol. The van der Waals surface area contributed by atoms with E-state index in [9.17, 15) is 14.7 Å². The highest BCUT2D eigenvalue weighted by molar-refractivity contribution is 7.13. The molecular weight excluding hydrogens is 570 g/mol. The summed E-state index contributed by atoms with van der Waals surface area (Å²) >= 11 is 1.60. The molecule has 2 N–H and O–H groups in total. The number of nitrogens with one attached hydrogen (secondary N) is 1. The number of aliphatic hydroxyl groups is 1. The van der Waals surface area contributed by atoms with Crippen LogP contribution in [0.2, 0.25) is 0 Å². The van der Waals surface area contributed by atoms with E-state index in [0.29, 0.717) is 24.7 Å². The van der Waals surface area contributed by atoms with Crippen LogP contribution in [-0.4, -0.2) is 84.3 Å². The Morgan fingerprint density at radius 1 is 1.12 bits per heavy atom. The molecule has 0 aliphatic carbocycles. The Labute approximate surface area is 256 Å². The van der Waals surface area contributed by atoms with Crippen LogP contribution in [0.1, 0.15) is 56.2 Å². The molecule has 0 spiro atoms. The Morgan fingerprint density at radius 2 is 1.81 bits per heavy atom. The summed E-state index contributed by atoms with van der Waals surface area (Å²) in [6.07, 6.45) is -0.898. The lowest BCUT2D eigenvalue weighted by Crippen LogP contribution is -2.53. The van der Waals surface area contributed by atoms with Crippen molar-refractivity contribution in [2.45, 2.75) is 64.5 Å². The van der Waals surface area contributed by atoms with Gasteiger partial charge in [0.05, 0.1) is 28.2 Å². The van der Waals surface area contributed by atoms with E-state index in [1.165, 1.54) is 4.90 Å². The smallest absolute Gasteiger partial charge is 0.243 e. The number of benzene rings is 1. The van der Waals surface area contributed by atoms with Crippen molar-refractivity contribution in [3.8, 4) is 10.4 Å². The number of hydrogen-bond acceptors (Lipinski definition) is 10. The maximum Gasteiger partial charge on any atom is 0.243 e. The summed E-state index contributed by atoms with van der Waals surface area (Å²) in [5.74, 6) is -0.0133. The zero-order chi connectivity index (χ0) is 30.8. The molecule has 4 atom stereocenters. The summed E-state index contributed by atoms with van der Waals surface area (Å²) < 4.78 is 16.4. The number of ether oxygens (including phenoxy) is 2. The molecule has 0 unspecified atom stereocenters. The second-order valence-corrected chi connectivity index (χ2v) is 12.7. The largest absolute Gasteiger partial charge is 0.391 e. The van der Waals surface area contributed by atoms with Crippen LogP contribution in [0, 0.1) is 18.8 Å². The molecule has 3 aromatic rings. The molecule has 11 nitrogen and oxygen atoms in total. The molecule has 2 aliphatic rings. The molecule has 0 radical (unpaired) electrons. The van der Waals surface area contributed by atoms with Crippen LogP contribution in [0.4, 0.5) is 5.82 Å². The molecule has 232 valence electrons. The standard InChI is InChI=1S/C31H41N5O6S/c1-17(2)27(25-12-26(34-42-25)35-13-22(14-35)31(40-5)41-6)30(39)36-15-23(37)11-24(36)29(38)33-18(3)20-7-9-21(10-8-20)28-19(4)32-16-43-28/h7-10,12,16-18,22-24,27,31,37H,11,13-15H2,1-6H3,(H,33,38)/t18-,23+,24-,27-/m0/s1. The first-order valence-electron chi connectivity index (χ1n) is 14.7. The van der Waals surface area contributed by atoms with E-state index >= 15 is 0 Å². The molecule has 0 bridgehead atoms. The summed E-state index contributed by atoms with van der Waals surface area (Å²) in [6, 6.07) is 8.77. The number of aliphatic hydroxyl groups excluding tert-OH is 1. The van der Waals surface area contributed by atoms with Crippen LogP contribution in [0.25, 0.3) is 10.4 Å². The van der Waals surface area contributed by atoms with Crippen LogP contribution in [-0.2, 0) is 19.1 Å². The molecular formula is C31H41N5O6S. The summed E-state index contributed by atoms with van der Waals surface area (Å²) in [5, 5.41) is 17.8. The van der Waals surface area contributed by atoms with Crippen LogP contribution in [0.5, 0.6) is 0 Å². The highest BCUT2D eigenvalue weighted by Gasteiger charge is 2.44. The van der Waals surface area contributed by atoms with Gasteiger partial charge in [-0.05, 0) is 30.9 Å². The van der Waals surface area contributed by atoms with Crippen molar-refractivity contribution in [3.63, 3.8) is 0 Å². The number of hydrogen-bond donors (Lipinski definition) is 2. The van der Waals surface area contributed by atoms with Crippen molar-refractivity contribution >= 4 is 29.0 Å². The number of aryl methyl sites for hydroxylation is 1. The topological polar surface area (TPSA) is 130 Å². The Balaban J connectivity index is 1.25. The lowest BCUT2D eigenvalue weighted by atomic mass is 9.91. The Kier molecular flexibility index (Phi) is 9.50. The molecule has 4 heterocycles. The van der Waals surface area contributed by atoms with E-state index in [1.54, 1.807) is 31.6 Å². The van der Waals surface area contributed by atoms with Gasteiger partial charge in [-0.15, -0.1) is 11.3 Å². The minimum atomic E-state index is -0.789. The van der Waals surface area contributed by atoms with Crippen LogP contribution in [0.15, 0.2) is 40.4 Å². The van der Waals surface area contributed by atoms with E-state index in [-0.39, 0.29) is 48.9 Å². The van der Waals surface area contributed by atoms with Gasteiger partial charge in [-0.2, -0.15) is 0 Å². The first-order valence-corrected chi connectivity index (χ1v) is 15.6. The third-order valence-electron chi connectivity index (χ3n) is 8.48. The SMILES string of the molecule is COC(OC)C1CN(c2cc([C@@H](C(=O)N3C[C@H](O)C[C@H]3C(=O)N[C@@H](C)c3ccc(-c4scnc4C)cc3)C(C)C)on2)C1. The van der Waals surface area contributed by atoms with Gasteiger partial charge in [0, 0.05) is 52.3 Å². The van der Waals surface area contributed by atoms with Gasteiger partial charge < -0.3 is 34.2 Å². The fraction of sp³-hybridized carbons (Fsp3) is 0.548. The monoisotopic (exact) mass is 611 g/mol. The van der Waals surface area contributed by atoms with Gasteiger partial charge in [-0.25, -0.2) is 4.98 Å². The van der Waals surface area contributed by atoms with Gasteiger partial charge in [-0.3, -0.25) is 9.59 Å². The average Bonchev–Trinajstić information content (AvgIpc) is 3.70. The first-order chi connectivity index (χ1) is 20.6. The summed E-state index contributed by atoms with van der Waals surface area (Å²) in [6.45, 7) is 9.26. The van der Waals surface area contributed by atoms with Gasteiger partial charge in [0.2, 0.25) is 11.8 Å². The van der Waals surface area contributed by atoms with Crippen LogP contribution >= 0.6 is 11.3 Å². The van der Waals surface area contributed by atoms with Crippen molar-refractivity contribution in [2.24, 2.45) is 11.8 Å². The molecule has 2 saturated heterocycles. The van der Waals surface area contributed by atoms with E-state index in [0.717, 1.165) is 21.7 Å². The Hall–Kier alpha value is -3.32. The second kappa shape index (κ2) is 13.1. The number of likely N-dealkylation sites (tertiary alicyclic amines) is 1. The molecule has 2 aromatic heterocycles. The van der Waals surface area contributed by atoms with E-state index in [4.69, 9.17) is 14.0 Å². The second-order valence-electron chi connectivity index (χ2n) is 11.8. The number of methoxy groups -OCH3 is 2. The molecule has 1 aromatic carbocycles. The number of β-amino-alcohol motifs (C(OH)–C–C–N with tert-alkyl or cyclic N) is 1. The van der Waals surface area contributed by atoms with Gasteiger partial charge in [-0.1, -0.05) is 43.3 Å². The predicted octanol–water partition coefficient (Wildman–Crippen LogP) is 3.74. The van der Waals surface area contributed by atoms with Gasteiger partial charge >= 0.3 is 0 Å². The number of anilines is 1. The highest BCUT2D eigenvalue weighted by Crippen LogP contribution is 2.35. The molecule has 12 heteroatoms. The van der Waals surface area contributed by atoms with Crippen LogP contribution < -0.4 is 10.2 Å². The zero-order valence-electron chi connectivity index (χ0n) is 25.5. The van der Waals surface area contributed by atoms with Crippen molar-refractivity contribution in [1.29, 1.82) is 0 Å². The lowest BCUT2D eigenvalue weighted by molar-refractivity contribution is -0.142. The lowest BCUT2D eigenvalue weighted by Gasteiger charge is -2.41. The molecule has 2 fully saturated rings. The minimum absolute atomic E-state index is 0.0850. The fourth-order valence-corrected chi connectivity index (χ4v) is 6.85. The number of aromatic nitrogens is 2. The molecule has 43 heavy (non-hydrogen) atoms. The number of nitrogens with zero attached hydrogens (tertiary/aromatic N) is 4.